The van der Waals surface area contributed by atoms with Crippen LogP contribution in [0, 0.1) is 11.8 Å². The van der Waals surface area contributed by atoms with Crippen molar-refractivity contribution in [2.24, 2.45) is 11.8 Å². The van der Waals surface area contributed by atoms with Gasteiger partial charge in [0.2, 0.25) is 5.91 Å². The number of unbranched alkanes of at least 4 members (excludes halogenated alkanes) is 1. The molecule has 2 nitrogen and oxygen atoms in total. The van der Waals surface area contributed by atoms with E-state index in [4.69, 9.17) is 0 Å². The Bertz CT molecular complexity index is 610. The lowest BCUT2D eigenvalue weighted by Gasteiger charge is -2.31. The summed E-state index contributed by atoms with van der Waals surface area (Å²) in [5, 5.41) is 0. The molecule has 0 aromatic heterocycles. The third-order valence-corrected chi connectivity index (χ3v) is 5.40. The molecular weight excluding hydrogens is 339 g/mol. The monoisotopic (exact) mass is 369 g/mol. The van der Waals surface area contributed by atoms with E-state index < -0.39 is 11.7 Å². The second-order valence-electron chi connectivity index (χ2n) is 7.61. The van der Waals surface area contributed by atoms with E-state index in [2.05, 4.69) is 20.8 Å². The SMILES string of the molecule is CCCC.C[C@@H]1CCC(C(=O)N2CCc3ccc(C(F)(F)F)cc3C2)C1. The summed E-state index contributed by atoms with van der Waals surface area (Å²) in [6.07, 6.45) is 1.83. The molecule has 0 spiro atoms. The van der Waals surface area contributed by atoms with E-state index in [1.165, 1.54) is 18.9 Å². The molecule has 0 radical (unpaired) electrons. The number of alkyl halides is 3. The van der Waals surface area contributed by atoms with E-state index in [0.717, 1.165) is 30.9 Å². The van der Waals surface area contributed by atoms with Crippen LogP contribution in [-0.4, -0.2) is 17.4 Å². The first kappa shape index (κ1) is 20.8. The molecule has 1 aromatic rings. The normalized spacial score (nSPS) is 22.5. The molecule has 1 unspecified atom stereocenters. The molecule has 1 fully saturated rings. The zero-order valence-corrected chi connectivity index (χ0v) is 16.0. The van der Waals surface area contributed by atoms with Gasteiger partial charge in [0.25, 0.3) is 0 Å². The minimum Gasteiger partial charge on any atom is -0.338 e. The van der Waals surface area contributed by atoms with Crippen LogP contribution in [-0.2, 0) is 23.9 Å². The maximum atomic E-state index is 12.8. The van der Waals surface area contributed by atoms with Gasteiger partial charge in [0, 0.05) is 19.0 Å². The summed E-state index contributed by atoms with van der Waals surface area (Å²) >= 11 is 0. The van der Waals surface area contributed by atoms with Crippen molar-refractivity contribution in [3.8, 4) is 0 Å². The number of rotatable bonds is 2. The molecule has 3 rings (SSSR count). The molecule has 2 aliphatic rings. The first-order valence-corrected chi connectivity index (χ1v) is 9.74. The summed E-state index contributed by atoms with van der Waals surface area (Å²) in [6, 6.07) is 3.89. The molecule has 1 heterocycles. The maximum absolute atomic E-state index is 12.8. The second kappa shape index (κ2) is 8.92. The number of carbonyl (C=O) groups excluding carboxylic acids is 1. The van der Waals surface area contributed by atoms with Crippen LogP contribution in [0.25, 0.3) is 0 Å². The molecular formula is C21H30F3NO. The van der Waals surface area contributed by atoms with E-state index in [-0.39, 0.29) is 11.8 Å². The summed E-state index contributed by atoms with van der Waals surface area (Å²) in [7, 11) is 0. The van der Waals surface area contributed by atoms with Crippen molar-refractivity contribution in [3.05, 3.63) is 34.9 Å². The number of carbonyl (C=O) groups is 1. The minimum atomic E-state index is -4.33. The topological polar surface area (TPSA) is 20.3 Å². The van der Waals surface area contributed by atoms with Crippen LogP contribution in [0.4, 0.5) is 13.2 Å². The number of hydrogen-bond acceptors (Lipinski definition) is 1. The Morgan fingerprint density at radius 1 is 1.15 bits per heavy atom. The van der Waals surface area contributed by atoms with Crippen LogP contribution in [0.3, 0.4) is 0 Å². The molecule has 1 aliphatic heterocycles. The van der Waals surface area contributed by atoms with Crippen LogP contribution in [0.1, 0.15) is 69.6 Å². The Morgan fingerprint density at radius 2 is 1.85 bits per heavy atom. The molecule has 1 aliphatic carbocycles. The van der Waals surface area contributed by atoms with Gasteiger partial charge in [-0.1, -0.05) is 39.7 Å². The van der Waals surface area contributed by atoms with Crippen molar-refractivity contribution in [2.45, 2.75) is 72.0 Å². The van der Waals surface area contributed by atoms with Crippen molar-refractivity contribution in [2.75, 3.05) is 6.54 Å². The van der Waals surface area contributed by atoms with Crippen molar-refractivity contribution in [3.63, 3.8) is 0 Å². The van der Waals surface area contributed by atoms with Crippen molar-refractivity contribution in [1.82, 2.24) is 4.90 Å². The van der Waals surface area contributed by atoms with Gasteiger partial charge in [-0.15, -0.1) is 0 Å². The third kappa shape index (κ3) is 5.24. The summed E-state index contributed by atoms with van der Waals surface area (Å²) in [5.74, 6) is 0.748. The fourth-order valence-corrected chi connectivity index (χ4v) is 3.61. The van der Waals surface area contributed by atoms with E-state index in [1.54, 1.807) is 11.0 Å². The lowest BCUT2D eigenvalue weighted by atomic mass is 9.95. The highest BCUT2D eigenvalue weighted by molar-refractivity contribution is 5.79. The number of fused-ring (bicyclic) bond motifs is 1. The quantitative estimate of drug-likeness (QED) is 0.642. The summed E-state index contributed by atoms with van der Waals surface area (Å²) in [6.45, 7) is 7.43. The van der Waals surface area contributed by atoms with E-state index in [9.17, 15) is 18.0 Å². The van der Waals surface area contributed by atoms with E-state index >= 15 is 0 Å². The lowest BCUT2D eigenvalue weighted by Crippen LogP contribution is -2.39. The van der Waals surface area contributed by atoms with Crippen molar-refractivity contribution in [1.29, 1.82) is 0 Å². The third-order valence-electron chi connectivity index (χ3n) is 5.40. The van der Waals surface area contributed by atoms with Crippen LogP contribution >= 0.6 is 0 Å². The Hall–Kier alpha value is -1.52. The molecule has 146 valence electrons. The summed E-state index contributed by atoms with van der Waals surface area (Å²) < 4.78 is 38.5. The largest absolute Gasteiger partial charge is 0.416 e. The fourth-order valence-electron chi connectivity index (χ4n) is 3.61. The van der Waals surface area contributed by atoms with Gasteiger partial charge in [0.15, 0.2) is 0 Å². The molecule has 26 heavy (non-hydrogen) atoms. The summed E-state index contributed by atoms with van der Waals surface area (Å²) in [4.78, 5) is 14.3. The first-order valence-electron chi connectivity index (χ1n) is 9.74. The molecule has 2 atom stereocenters. The number of nitrogens with zero attached hydrogens (tertiary/aromatic N) is 1. The van der Waals surface area contributed by atoms with E-state index in [0.29, 0.717) is 31.0 Å². The highest BCUT2D eigenvalue weighted by Crippen LogP contribution is 2.35. The Kier molecular flexibility index (Phi) is 7.13. The van der Waals surface area contributed by atoms with E-state index in [1.807, 2.05) is 0 Å². The molecule has 1 saturated carbocycles. The second-order valence-corrected chi connectivity index (χ2v) is 7.61. The Labute approximate surface area is 154 Å². The lowest BCUT2D eigenvalue weighted by molar-refractivity contribution is -0.137. The highest BCUT2D eigenvalue weighted by Gasteiger charge is 2.34. The van der Waals surface area contributed by atoms with Gasteiger partial charge in [-0.05, 0) is 54.9 Å². The van der Waals surface area contributed by atoms with Gasteiger partial charge in [-0.2, -0.15) is 13.2 Å². The van der Waals surface area contributed by atoms with Gasteiger partial charge in [0.1, 0.15) is 0 Å². The molecule has 1 aromatic carbocycles. The predicted octanol–water partition coefficient (Wildman–Crippen LogP) is 5.83. The van der Waals surface area contributed by atoms with Gasteiger partial charge in [-0.25, -0.2) is 0 Å². The van der Waals surface area contributed by atoms with Crippen LogP contribution in [0.5, 0.6) is 0 Å². The average molecular weight is 369 g/mol. The van der Waals surface area contributed by atoms with Gasteiger partial charge in [-0.3, -0.25) is 4.79 Å². The standard InChI is InChI=1S/C17H20F3NO.C4H10/c1-11-2-3-13(8-11)16(22)21-7-6-12-4-5-15(17(18,19)20)9-14(12)10-21;1-3-4-2/h4-5,9,11,13H,2-3,6-8,10H2,1H3;3-4H2,1-2H3/t11-,13?;/m1./s1. The minimum absolute atomic E-state index is 0.0577. The molecule has 5 heteroatoms. The molecule has 0 N–H and O–H groups in total. The predicted molar refractivity (Wildman–Crippen MR) is 97.7 cm³/mol. The zero-order chi connectivity index (χ0) is 19.3. The smallest absolute Gasteiger partial charge is 0.338 e. The van der Waals surface area contributed by atoms with Crippen LogP contribution in [0.15, 0.2) is 18.2 Å². The maximum Gasteiger partial charge on any atom is 0.416 e. The number of halogens is 3. The zero-order valence-electron chi connectivity index (χ0n) is 16.0. The average Bonchev–Trinajstić information content (AvgIpc) is 3.06. The van der Waals surface area contributed by atoms with Crippen LogP contribution < -0.4 is 0 Å². The van der Waals surface area contributed by atoms with Gasteiger partial charge >= 0.3 is 6.18 Å². The van der Waals surface area contributed by atoms with Crippen molar-refractivity contribution < 1.29 is 18.0 Å². The summed E-state index contributed by atoms with van der Waals surface area (Å²) in [5.41, 5.74) is 0.937. The number of hydrogen-bond donors (Lipinski definition) is 0. The molecule has 1 amide bonds. The van der Waals surface area contributed by atoms with Crippen molar-refractivity contribution >= 4 is 5.91 Å². The van der Waals surface area contributed by atoms with Gasteiger partial charge in [0.05, 0.1) is 5.56 Å². The van der Waals surface area contributed by atoms with Crippen LogP contribution in [0.2, 0.25) is 0 Å². The number of benzene rings is 1. The number of amides is 1. The molecule has 0 bridgehead atoms. The fraction of sp³-hybridized carbons (Fsp3) is 0.667. The Balaban J connectivity index is 0.000000552. The first-order chi connectivity index (χ1) is 12.3. The highest BCUT2D eigenvalue weighted by atomic mass is 19.4. The molecule has 0 saturated heterocycles. The van der Waals surface area contributed by atoms with Gasteiger partial charge < -0.3 is 4.90 Å². The Morgan fingerprint density at radius 3 is 2.38 bits per heavy atom.